The first kappa shape index (κ1) is 19.8. The van der Waals surface area contributed by atoms with E-state index in [1.165, 1.54) is 4.67 Å². The van der Waals surface area contributed by atoms with E-state index in [0.29, 0.717) is 13.2 Å². The number of hydrogen-bond acceptors (Lipinski definition) is 8. The van der Waals surface area contributed by atoms with Crippen LogP contribution < -0.4 is 5.32 Å². The highest BCUT2D eigenvalue weighted by atomic mass is 31.2. The number of imide groups is 1. The molecule has 0 saturated carbocycles. The van der Waals surface area contributed by atoms with Crippen LogP contribution in [0.1, 0.15) is 12.8 Å². The van der Waals surface area contributed by atoms with Crippen LogP contribution in [0.3, 0.4) is 0 Å². The highest BCUT2D eigenvalue weighted by Gasteiger charge is 2.50. The zero-order valence-electron chi connectivity index (χ0n) is 14.0. The summed E-state index contributed by atoms with van der Waals surface area (Å²) in [6, 6.07) is 0. The van der Waals surface area contributed by atoms with Gasteiger partial charge in [0.25, 0.3) is 0 Å². The van der Waals surface area contributed by atoms with Crippen molar-refractivity contribution < 1.29 is 43.3 Å². The molecule has 0 radical (unpaired) electrons. The summed E-state index contributed by atoms with van der Waals surface area (Å²) in [7, 11) is -4.08. The molecule has 0 aromatic rings. The molecule has 0 aliphatic carbocycles. The second-order valence-corrected chi connectivity index (χ2v) is 8.34. The molecular formula is C14H23N2O9P. The van der Waals surface area contributed by atoms with E-state index in [1.54, 1.807) is 0 Å². The molecule has 0 aromatic heterocycles. The maximum Gasteiger partial charge on any atom is 0.405 e. The Hall–Kier alpha value is -0.910. The van der Waals surface area contributed by atoms with Gasteiger partial charge in [-0.15, -0.1) is 0 Å². The summed E-state index contributed by atoms with van der Waals surface area (Å²) in [5.74, 6) is -1.76. The smallest absolute Gasteiger partial charge is 0.388 e. The maximum atomic E-state index is 12.3. The average molecular weight is 394 g/mol. The van der Waals surface area contributed by atoms with Gasteiger partial charge in [0.05, 0.1) is 31.8 Å². The normalized spacial score (nSPS) is 38.8. The third-order valence-electron chi connectivity index (χ3n) is 4.83. The van der Waals surface area contributed by atoms with Gasteiger partial charge in [-0.25, -0.2) is 9.24 Å². The number of nitrogens with one attached hydrogen (secondary N) is 1. The monoisotopic (exact) mass is 394 g/mol. The van der Waals surface area contributed by atoms with E-state index in [1.807, 2.05) is 0 Å². The number of nitrogens with zero attached hydrogens (tertiary/aromatic N) is 1. The van der Waals surface area contributed by atoms with Gasteiger partial charge in [0.1, 0.15) is 18.3 Å². The summed E-state index contributed by atoms with van der Waals surface area (Å²) in [6.07, 6.45) is -4.53. The lowest BCUT2D eigenvalue weighted by atomic mass is 9.89. The van der Waals surface area contributed by atoms with Gasteiger partial charge >= 0.3 is 7.75 Å². The first-order valence-corrected chi connectivity index (χ1v) is 9.98. The molecule has 3 aliphatic heterocycles. The molecule has 3 fully saturated rings. The third kappa shape index (κ3) is 4.15. The molecule has 2 amide bonds. The van der Waals surface area contributed by atoms with E-state index in [9.17, 15) is 29.3 Å². The van der Waals surface area contributed by atoms with E-state index < -0.39 is 56.5 Å². The number of morpholine rings is 1. The second kappa shape index (κ2) is 7.99. The van der Waals surface area contributed by atoms with Crippen LogP contribution in [0.5, 0.6) is 0 Å². The van der Waals surface area contributed by atoms with Crippen molar-refractivity contribution in [2.24, 2.45) is 5.92 Å². The third-order valence-corrected chi connectivity index (χ3v) is 6.43. The van der Waals surface area contributed by atoms with Crippen molar-refractivity contribution in [3.8, 4) is 0 Å². The van der Waals surface area contributed by atoms with Crippen LogP contribution in [0.2, 0.25) is 0 Å². The molecule has 2 unspecified atom stereocenters. The molecule has 148 valence electrons. The summed E-state index contributed by atoms with van der Waals surface area (Å²) in [4.78, 5) is 33.2. The van der Waals surface area contributed by atoms with Crippen LogP contribution in [0.4, 0.5) is 0 Å². The maximum absolute atomic E-state index is 12.3. The SMILES string of the molecule is O=C1CCC([C@H]2O[C@@H](COP(=O)(O)N3CCOCC3)[C@H](O)[C@@H]2O)C(=O)N1. The lowest BCUT2D eigenvalue weighted by Gasteiger charge is -2.30. The van der Waals surface area contributed by atoms with Gasteiger partial charge in [-0.1, -0.05) is 0 Å². The van der Waals surface area contributed by atoms with Crippen molar-refractivity contribution in [3.05, 3.63) is 0 Å². The Bertz CT molecular complexity index is 597. The molecule has 12 heteroatoms. The summed E-state index contributed by atoms with van der Waals surface area (Å²) in [5.41, 5.74) is 0. The van der Waals surface area contributed by atoms with Crippen LogP contribution in [0.25, 0.3) is 0 Å². The average Bonchev–Trinajstić information content (AvgIpc) is 2.89. The molecule has 3 saturated heterocycles. The number of carbonyl (C=O) groups is 2. The fraction of sp³-hybridized carbons (Fsp3) is 0.857. The quantitative estimate of drug-likeness (QED) is 0.303. The number of piperidine rings is 1. The van der Waals surface area contributed by atoms with Gasteiger partial charge in [0.2, 0.25) is 11.8 Å². The number of ether oxygens (including phenoxy) is 2. The van der Waals surface area contributed by atoms with E-state index in [0.717, 1.165) is 0 Å². The molecule has 11 nitrogen and oxygen atoms in total. The van der Waals surface area contributed by atoms with Gasteiger partial charge in [0.15, 0.2) is 0 Å². The summed E-state index contributed by atoms with van der Waals surface area (Å²) in [6.45, 7) is 0.680. The Labute approximate surface area is 149 Å². The molecule has 3 heterocycles. The van der Waals surface area contributed by atoms with Crippen molar-refractivity contribution in [2.75, 3.05) is 32.9 Å². The number of aliphatic hydroxyl groups excluding tert-OH is 2. The molecular weight excluding hydrogens is 371 g/mol. The zero-order chi connectivity index (χ0) is 18.9. The van der Waals surface area contributed by atoms with Gasteiger partial charge in [-0.05, 0) is 6.42 Å². The minimum atomic E-state index is -4.08. The summed E-state index contributed by atoms with van der Waals surface area (Å²) >= 11 is 0. The topological polar surface area (TPSA) is 155 Å². The fourth-order valence-corrected chi connectivity index (χ4v) is 4.50. The minimum absolute atomic E-state index is 0.114. The highest BCUT2D eigenvalue weighted by Crippen LogP contribution is 2.47. The molecule has 0 bridgehead atoms. The highest BCUT2D eigenvalue weighted by molar-refractivity contribution is 7.50. The fourth-order valence-electron chi connectivity index (χ4n) is 3.33. The number of hydrogen-bond donors (Lipinski definition) is 4. The largest absolute Gasteiger partial charge is 0.405 e. The number of rotatable bonds is 5. The van der Waals surface area contributed by atoms with Crippen LogP contribution in [-0.2, 0) is 28.2 Å². The van der Waals surface area contributed by atoms with Crippen molar-refractivity contribution in [1.82, 2.24) is 9.99 Å². The van der Waals surface area contributed by atoms with Crippen LogP contribution >= 0.6 is 7.75 Å². The molecule has 3 aliphatic rings. The van der Waals surface area contributed by atoms with Crippen molar-refractivity contribution in [2.45, 2.75) is 37.3 Å². The Balaban J connectivity index is 1.58. The molecule has 4 N–H and O–H groups in total. The van der Waals surface area contributed by atoms with Gasteiger partial charge in [0, 0.05) is 19.5 Å². The molecule has 0 aromatic carbocycles. The van der Waals surface area contributed by atoms with Crippen LogP contribution in [0.15, 0.2) is 0 Å². The lowest BCUT2D eigenvalue weighted by Crippen LogP contribution is -2.48. The summed E-state index contributed by atoms with van der Waals surface area (Å²) < 4.78 is 29.3. The van der Waals surface area contributed by atoms with E-state index in [4.69, 9.17) is 14.0 Å². The minimum Gasteiger partial charge on any atom is -0.388 e. The predicted octanol–water partition coefficient (Wildman–Crippen LogP) is -2.02. The van der Waals surface area contributed by atoms with E-state index in [2.05, 4.69) is 5.32 Å². The predicted molar refractivity (Wildman–Crippen MR) is 84.7 cm³/mol. The zero-order valence-corrected chi connectivity index (χ0v) is 14.9. The van der Waals surface area contributed by atoms with Crippen LogP contribution in [-0.4, -0.2) is 88.9 Å². The van der Waals surface area contributed by atoms with Crippen LogP contribution in [0, 0.1) is 5.92 Å². The lowest BCUT2D eigenvalue weighted by molar-refractivity contribution is -0.143. The first-order valence-electron chi connectivity index (χ1n) is 8.45. The van der Waals surface area contributed by atoms with E-state index in [-0.39, 0.29) is 25.9 Å². The Morgan fingerprint density at radius 3 is 2.58 bits per heavy atom. The first-order chi connectivity index (χ1) is 12.3. The Morgan fingerprint density at radius 2 is 1.92 bits per heavy atom. The van der Waals surface area contributed by atoms with Gasteiger partial charge < -0.3 is 24.6 Å². The molecule has 0 spiro atoms. The Kier molecular flexibility index (Phi) is 6.10. The van der Waals surface area contributed by atoms with Crippen molar-refractivity contribution in [3.63, 3.8) is 0 Å². The number of carbonyl (C=O) groups excluding carboxylic acids is 2. The standard InChI is InChI=1S/C14H23N2O9P/c17-10-2-1-8(14(20)15-10)13-12(19)11(18)9(25-13)7-24-26(21,22)16-3-5-23-6-4-16/h8-9,11-13,18-19H,1-7H2,(H,21,22)(H,15,17,20)/t8?,9-,11-,12-,13+/m0/s1. The number of aliphatic hydroxyl groups is 2. The Morgan fingerprint density at radius 1 is 1.23 bits per heavy atom. The van der Waals surface area contributed by atoms with Gasteiger partial charge in [-0.3, -0.25) is 19.4 Å². The van der Waals surface area contributed by atoms with Crippen molar-refractivity contribution in [1.29, 1.82) is 0 Å². The van der Waals surface area contributed by atoms with Crippen molar-refractivity contribution >= 4 is 19.6 Å². The molecule has 6 atom stereocenters. The second-order valence-electron chi connectivity index (χ2n) is 6.53. The summed E-state index contributed by atoms with van der Waals surface area (Å²) in [5, 5.41) is 22.5. The van der Waals surface area contributed by atoms with Gasteiger partial charge in [-0.2, -0.15) is 0 Å². The molecule has 26 heavy (non-hydrogen) atoms. The number of amides is 2. The van der Waals surface area contributed by atoms with E-state index >= 15 is 0 Å². The molecule has 3 rings (SSSR count).